The van der Waals surface area contributed by atoms with Crippen molar-refractivity contribution >= 4 is 28.6 Å². The number of aromatic nitrogens is 2. The van der Waals surface area contributed by atoms with Crippen LogP contribution in [0.25, 0.3) is 11.1 Å². The molecule has 0 saturated carbocycles. The number of fused-ring (bicyclic) bond motifs is 1. The Balaban J connectivity index is 1.64. The minimum atomic E-state index is -0.159. The van der Waals surface area contributed by atoms with E-state index >= 15 is 0 Å². The maximum atomic E-state index is 13.2. The summed E-state index contributed by atoms with van der Waals surface area (Å²) in [5.74, 6) is 0.334. The average Bonchev–Trinajstić information content (AvgIpc) is 3.10. The number of rotatable bonds is 5. The smallest absolute Gasteiger partial charge is 0.256 e. The largest absolute Gasteiger partial charge is 0.439 e. The van der Waals surface area contributed by atoms with Crippen LogP contribution >= 0.6 is 11.6 Å². The van der Waals surface area contributed by atoms with Crippen LogP contribution in [0.15, 0.2) is 65.2 Å². The number of pyridine rings is 1. The number of amides is 1. The summed E-state index contributed by atoms with van der Waals surface area (Å²) in [5, 5.41) is 0.348. The molecular weight excluding hydrogens is 386 g/mol. The zero-order valence-corrected chi connectivity index (χ0v) is 17.0. The first-order valence-corrected chi connectivity index (χ1v) is 9.68. The van der Waals surface area contributed by atoms with Gasteiger partial charge >= 0.3 is 0 Å². The number of carbonyl (C=O) groups excluding carboxylic acids is 1. The predicted molar refractivity (Wildman–Crippen MR) is 113 cm³/mol. The zero-order valence-electron chi connectivity index (χ0n) is 16.2. The van der Waals surface area contributed by atoms with Crippen LogP contribution in [0, 0.1) is 13.8 Å². The summed E-state index contributed by atoms with van der Waals surface area (Å²) < 4.78 is 5.87. The number of aryl methyl sites for hydroxylation is 2. The van der Waals surface area contributed by atoms with Crippen LogP contribution in [-0.2, 0) is 13.1 Å². The molecular formula is C23H20ClN3O2. The third-order valence-corrected chi connectivity index (χ3v) is 4.89. The highest BCUT2D eigenvalue weighted by molar-refractivity contribution is 6.29. The number of halogens is 1. The van der Waals surface area contributed by atoms with Gasteiger partial charge in [-0.1, -0.05) is 47.5 Å². The molecule has 0 fully saturated rings. The van der Waals surface area contributed by atoms with E-state index in [-0.39, 0.29) is 12.5 Å². The van der Waals surface area contributed by atoms with E-state index in [2.05, 4.69) is 9.97 Å². The average molecular weight is 406 g/mol. The number of hydrogen-bond acceptors (Lipinski definition) is 4. The number of oxazole rings is 1. The van der Waals surface area contributed by atoms with E-state index in [9.17, 15) is 4.79 Å². The van der Waals surface area contributed by atoms with Crippen molar-refractivity contribution in [3.05, 3.63) is 94.1 Å². The maximum Gasteiger partial charge on any atom is 0.256 e. The molecule has 0 N–H and O–H groups in total. The summed E-state index contributed by atoms with van der Waals surface area (Å²) >= 11 is 5.87. The van der Waals surface area contributed by atoms with Gasteiger partial charge in [-0.05, 0) is 49.2 Å². The quantitative estimate of drug-likeness (QED) is 0.421. The summed E-state index contributed by atoms with van der Waals surface area (Å²) in [6.45, 7) is 4.73. The van der Waals surface area contributed by atoms with Crippen LogP contribution in [0.1, 0.15) is 32.9 Å². The molecule has 29 heavy (non-hydrogen) atoms. The van der Waals surface area contributed by atoms with E-state index in [0.29, 0.717) is 28.7 Å². The molecule has 2 aromatic heterocycles. The fraction of sp³-hybridized carbons (Fsp3) is 0.174. The molecule has 0 bridgehead atoms. The molecule has 146 valence electrons. The van der Waals surface area contributed by atoms with Crippen molar-refractivity contribution in [2.24, 2.45) is 0 Å². The Morgan fingerprint density at radius 2 is 1.76 bits per heavy atom. The van der Waals surface area contributed by atoms with E-state index in [1.54, 1.807) is 17.0 Å². The normalized spacial score (nSPS) is 11.0. The second kappa shape index (κ2) is 8.05. The van der Waals surface area contributed by atoms with Gasteiger partial charge in [-0.25, -0.2) is 9.97 Å². The van der Waals surface area contributed by atoms with Crippen LogP contribution in [0.2, 0.25) is 5.15 Å². The van der Waals surface area contributed by atoms with Gasteiger partial charge in [-0.3, -0.25) is 4.79 Å². The Labute approximate surface area is 174 Å². The van der Waals surface area contributed by atoms with Crippen LogP contribution in [-0.4, -0.2) is 20.8 Å². The molecule has 0 aliphatic rings. The SMILES string of the molecule is Cc1ccc(CN(Cc2nc3cc(C)ccc3o2)C(=O)c2ccc(Cl)nc2)cc1. The maximum absolute atomic E-state index is 13.2. The van der Waals surface area contributed by atoms with Crippen molar-refractivity contribution in [2.75, 3.05) is 0 Å². The van der Waals surface area contributed by atoms with Crippen molar-refractivity contribution in [1.82, 2.24) is 14.9 Å². The Kier molecular flexibility index (Phi) is 5.32. The highest BCUT2D eigenvalue weighted by atomic mass is 35.5. The third kappa shape index (κ3) is 4.46. The first-order valence-electron chi connectivity index (χ1n) is 9.30. The molecule has 0 aliphatic heterocycles. The number of hydrogen-bond donors (Lipinski definition) is 0. The van der Waals surface area contributed by atoms with Crippen molar-refractivity contribution < 1.29 is 9.21 Å². The van der Waals surface area contributed by atoms with E-state index in [4.69, 9.17) is 16.0 Å². The summed E-state index contributed by atoms with van der Waals surface area (Å²) in [4.78, 5) is 23.5. The third-order valence-electron chi connectivity index (χ3n) is 4.67. The minimum Gasteiger partial charge on any atom is -0.439 e. The van der Waals surface area contributed by atoms with Crippen LogP contribution in [0.3, 0.4) is 0 Å². The van der Waals surface area contributed by atoms with E-state index in [0.717, 1.165) is 16.6 Å². The fourth-order valence-corrected chi connectivity index (χ4v) is 3.23. The highest BCUT2D eigenvalue weighted by Gasteiger charge is 2.20. The van der Waals surface area contributed by atoms with E-state index < -0.39 is 0 Å². The summed E-state index contributed by atoms with van der Waals surface area (Å²) in [6, 6.07) is 17.2. The molecule has 5 nitrogen and oxygen atoms in total. The monoisotopic (exact) mass is 405 g/mol. The lowest BCUT2D eigenvalue weighted by molar-refractivity contribution is 0.0715. The van der Waals surface area contributed by atoms with Crippen LogP contribution in [0.4, 0.5) is 0 Å². The van der Waals surface area contributed by atoms with Gasteiger partial charge < -0.3 is 9.32 Å². The lowest BCUT2D eigenvalue weighted by Gasteiger charge is -2.21. The molecule has 0 aliphatic carbocycles. The van der Waals surface area contributed by atoms with Crippen molar-refractivity contribution in [2.45, 2.75) is 26.9 Å². The second-order valence-corrected chi connectivity index (χ2v) is 7.48. The summed E-state index contributed by atoms with van der Waals surface area (Å²) in [5.41, 5.74) is 5.27. The highest BCUT2D eigenvalue weighted by Crippen LogP contribution is 2.20. The van der Waals surface area contributed by atoms with E-state index in [1.165, 1.54) is 11.8 Å². The second-order valence-electron chi connectivity index (χ2n) is 7.10. The zero-order chi connectivity index (χ0) is 20.4. The topological polar surface area (TPSA) is 59.2 Å². The van der Waals surface area contributed by atoms with Gasteiger partial charge in [0.25, 0.3) is 5.91 Å². The molecule has 0 atom stereocenters. The Morgan fingerprint density at radius 3 is 2.48 bits per heavy atom. The van der Waals surface area contributed by atoms with Gasteiger partial charge in [0.05, 0.1) is 12.1 Å². The van der Waals surface area contributed by atoms with Crippen LogP contribution < -0.4 is 0 Å². The molecule has 4 aromatic rings. The molecule has 2 heterocycles. The minimum absolute atomic E-state index is 0.159. The van der Waals surface area contributed by atoms with Crippen molar-refractivity contribution in [3.8, 4) is 0 Å². The number of carbonyl (C=O) groups is 1. The van der Waals surface area contributed by atoms with E-state index in [1.807, 2.05) is 56.3 Å². The van der Waals surface area contributed by atoms with Gasteiger partial charge in [-0.15, -0.1) is 0 Å². The van der Waals surface area contributed by atoms with Gasteiger partial charge in [0.1, 0.15) is 10.7 Å². The summed E-state index contributed by atoms with van der Waals surface area (Å²) in [7, 11) is 0. The molecule has 6 heteroatoms. The number of nitrogens with zero attached hydrogens (tertiary/aromatic N) is 3. The molecule has 0 saturated heterocycles. The molecule has 0 radical (unpaired) electrons. The van der Waals surface area contributed by atoms with Gasteiger partial charge in [-0.2, -0.15) is 0 Å². The Morgan fingerprint density at radius 1 is 1.00 bits per heavy atom. The van der Waals surface area contributed by atoms with Gasteiger partial charge in [0, 0.05) is 12.7 Å². The lowest BCUT2D eigenvalue weighted by Crippen LogP contribution is -2.30. The molecule has 0 spiro atoms. The van der Waals surface area contributed by atoms with Gasteiger partial charge in [0.15, 0.2) is 5.58 Å². The van der Waals surface area contributed by atoms with Gasteiger partial charge in [0.2, 0.25) is 5.89 Å². The standard InChI is InChI=1S/C23H20ClN3O2/c1-15-3-6-17(7-4-15)13-27(23(28)18-8-10-21(24)25-12-18)14-22-26-19-11-16(2)5-9-20(19)29-22/h3-12H,13-14H2,1-2H3. The molecule has 0 unspecified atom stereocenters. The van der Waals surface area contributed by atoms with Crippen LogP contribution in [0.5, 0.6) is 0 Å². The molecule has 1 amide bonds. The Hall–Kier alpha value is -3.18. The first kappa shape index (κ1) is 19.2. The predicted octanol–water partition coefficient (Wildman–Crippen LogP) is 5.34. The molecule has 2 aromatic carbocycles. The van der Waals surface area contributed by atoms with Crippen molar-refractivity contribution in [3.63, 3.8) is 0 Å². The lowest BCUT2D eigenvalue weighted by atomic mass is 10.1. The van der Waals surface area contributed by atoms with Crippen molar-refractivity contribution in [1.29, 1.82) is 0 Å². The summed E-state index contributed by atoms with van der Waals surface area (Å²) in [6.07, 6.45) is 1.49. The Bertz CT molecular complexity index is 1150. The first-order chi connectivity index (χ1) is 14.0. The number of benzene rings is 2. The fourth-order valence-electron chi connectivity index (χ4n) is 3.11. The molecule has 4 rings (SSSR count).